The summed E-state index contributed by atoms with van der Waals surface area (Å²) in [6.07, 6.45) is 0. The van der Waals surface area contributed by atoms with E-state index in [1.807, 2.05) is 19.1 Å². The molecule has 3 heteroatoms. The lowest BCUT2D eigenvalue weighted by atomic mass is 9.98. The minimum atomic E-state index is 0.167. The summed E-state index contributed by atoms with van der Waals surface area (Å²) >= 11 is 9.77. The predicted molar refractivity (Wildman–Crippen MR) is 85.9 cm³/mol. The van der Waals surface area contributed by atoms with E-state index < -0.39 is 0 Å². The zero-order valence-corrected chi connectivity index (χ0v) is 13.4. The monoisotopic (exact) mass is 337 g/mol. The number of rotatable bonds is 4. The first-order valence-corrected chi connectivity index (χ1v) is 7.54. The van der Waals surface area contributed by atoms with Gasteiger partial charge in [-0.1, -0.05) is 58.7 Å². The van der Waals surface area contributed by atoms with Crippen LogP contribution in [0.3, 0.4) is 0 Å². The first kappa shape index (κ1) is 14.6. The molecule has 2 aromatic carbocycles. The molecule has 0 saturated heterocycles. The van der Waals surface area contributed by atoms with Crippen LogP contribution in [-0.4, -0.2) is 6.54 Å². The van der Waals surface area contributed by atoms with Crippen molar-refractivity contribution in [1.82, 2.24) is 5.32 Å². The van der Waals surface area contributed by atoms with E-state index in [-0.39, 0.29) is 6.04 Å². The molecule has 2 rings (SSSR count). The van der Waals surface area contributed by atoms with Crippen molar-refractivity contribution in [2.75, 3.05) is 6.54 Å². The average Bonchev–Trinajstić information content (AvgIpc) is 2.39. The van der Waals surface area contributed by atoms with Gasteiger partial charge in [0, 0.05) is 9.50 Å². The molecule has 0 aliphatic carbocycles. The van der Waals surface area contributed by atoms with Crippen molar-refractivity contribution in [2.45, 2.75) is 19.9 Å². The molecule has 1 atom stereocenters. The summed E-state index contributed by atoms with van der Waals surface area (Å²) in [4.78, 5) is 0. The van der Waals surface area contributed by atoms with Gasteiger partial charge in [-0.15, -0.1) is 0 Å². The van der Waals surface area contributed by atoms with Gasteiger partial charge in [-0.05, 0) is 48.4 Å². The second-order valence-electron chi connectivity index (χ2n) is 4.55. The molecule has 0 amide bonds. The number of aryl methyl sites for hydroxylation is 1. The number of halogens is 2. The van der Waals surface area contributed by atoms with Gasteiger partial charge in [0.05, 0.1) is 6.04 Å². The Hall–Kier alpha value is -0.830. The Labute approximate surface area is 128 Å². The average molecular weight is 339 g/mol. The number of hydrogen-bond donors (Lipinski definition) is 1. The molecule has 0 aliphatic heterocycles. The second kappa shape index (κ2) is 6.56. The van der Waals surface area contributed by atoms with Crippen molar-refractivity contribution >= 4 is 27.5 Å². The Morgan fingerprint density at radius 2 is 1.89 bits per heavy atom. The minimum Gasteiger partial charge on any atom is -0.307 e. The number of hydrogen-bond acceptors (Lipinski definition) is 1. The van der Waals surface area contributed by atoms with Gasteiger partial charge in [0.25, 0.3) is 0 Å². The van der Waals surface area contributed by atoms with Crippen molar-refractivity contribution < 1.29 is 0 Å². The third-order valence-electron chi connectivity index (χ3n) is 3.12. The molecule has 1 nitrogen and oxygen atoms in total. The van der Waals surface area contributed by atoms with Crippen LogP contribution in [0, 0.1) is 6.92 Å². The van der Waals surface area contributed by atoms with Crippen LogP contribution in [0.5, 0.6) is 0 Å². The van der Waals surface area contributed by atoms with E-state index in [0.717, 1.165) is 21.6 Å². The van der Waals surface area contributed by atoms with Crippen LogP contribution in [0.25, 0.3) is 0 Å². The molecule has 0 bridgehead atoms. The van der Waals surface area contributed by atoms with Crippen molar-refractivity contribution in [3.8, 4) is 0 Å². The van der Waals surface area contributed by atoms with Crippen molar-refractivity contribution in [2.24, 2.45) is 0 Å². The Morgan fingerprint density at radius 3 is 2.53 bits per heavy atom. The summed E-state index contributed by atoms with van der Waals surface area (Å²) in [5.74, 6) is 0. The fraction of sp³-hybridized carbons (Fsp3) is 0.250. The summed E-state index contributed by atoms with van der Waals surface area (Å²) in [6, 6.07) is 14.8. The smallest absolute Gasteiger partial charge is 0.0577 e. The lowest BCUT2D eigenvalue weighted by molar-refractivity contribution is 0.630. The number of benzene rings is 2. The van der Waals surface area contributed by atoms with Gasteiger partial charge in [0.1, 0.15) is 0 Å². The van der Waals surface area contributed by atoms with Gasteiger partial charge in [-0.2, -0.15) is 0 Å². The largest absolute Gasteiger partial charge is 0.307 e. The molecule has 1 unspecified atom stereocenters. The van der Waals surface area contributed by atoms with Crippen LogP contribution in [0.15, 0.2) is 46.9 Å². The molecule has 100 valence electrons. The summed E-state index contributed by atoms with van der Waals surface area (Å²) in [5.41, 5.74) is 3.53. The highest BCUT2D eigenvalue weighted by Gasteiger charge is 2.14. The molecular weight excluding hydrogens is 322 g/mol. The van der Waals surface area contributed by atoms with Crippen LogP contribution in [0.1, 0.15) is 29.7 Å². The van der Waals surface area contributed by atoms with E-state index in [9.17, 15) is 0 Å². The first-order chi connectivity index (χ1) is 9.11. The van der Waals surface area contributed by atoms with Gasteiger partial charge in [0.15, 0.2) is 0 Å². The third-order valence-corrected chi connectivity index (χ3v) is 4.02. The van der Waals surface area contributed by atoms with Gasteiger partial charge in [-0.25, -0.2) is 0 Å². The minimum absolute atomic E-state index is 0.167. The highest BCUT2D eigenvalue weighted by molar-refractivity contribution is 9.10. The standard InChI is InChI=1S/C16H17BrClN/c1-3-19-16(12-5-4-6-14(17)9-12)13-8-7-11(2)15(18)10-13/h4-10,16,19H,3H2,1-2H3. The Balaban J connectivity index is 2.42. The van der Waals surface area contributed by atoms with Crippen LogP contribution < -0.4 is 5.32 Å². The van der Waals surface area contributed by atoms with Crippen molar-refractivity contribution in [3.05, 3.63) is 68.7 Å². The molecule has 0 fully saturated rings. The van der Waals surface area contributed by atoms with Gasteiger partial charge in [0.2, 0.25) is 0 Å². The van der Waals surface area contributed by atoms with Gasteiger partial charge in [-0.3, -0.25) is 0 Å². The molecule has 0 aromatic heterocycles. The Kier molecular flexibility index (Phi) is 5.03. The zero-order valence-electron chi connectivity index (χ0n) is 11.1. The zero-order chi connectivity index (χ0) is 13.8. The molecule has 2 aromatic rings. The first-order valence-electron chi connectivity index (χ1n) is 6.36. The molecule has 0 aliphatic rings. The maximum atomic E-state index is 6.24. The van der Waals surface area contributed by atoms with Gasteiger partial charge >= 0.3 is 0 Å². The predicted octanol–water partition coefficient (Wildman–Crippen LogP) is 5.11. The summed E-state index contributed by atoms with van der Waals surface area (Å²) < 4.78 is 1.09. The fourth-order valence-corrected chi connectivity index (χ4v) is 2.71. The van der Waals surface area contributed by atoms with E-state index in [4.69, 9.17) is 11.6 Å². The molecule has 0 saturated carbocycles. The van der Waals surface area contributed by atoms with Gasteiger partial charge < -0.3 is 5.32 Å². The fourth-order valence-electron chi connectivity index (χ4n) is 2.11. The Bertz CT molecular complexity index is 568. The number of nitrogens with one attached hydrogen (secondary N) is 1. The lowest BCUT2D eigenvalue weighted by Gasteiger charge is -2.20. The molecule has 19 heavy (non-hydrogen) atoms. The Morgan fingerprint density at radius 1 is 1.16 bits per heavy atom. The molecule has 0 spiro atoms. The molecular formula is C16H17BrClN. The molecule has 0 radical (unpaired) electrons. The van der Waals surface area contributed by atoms with E-state index in [1.165, 1.54) is 11.1 Å². The van der Waals surface area contributed by atoms with Crippen LogP contribution in [0.4, 0.5) is 0 Å². The van der Waals surface area contributed by atoms with E-state index in [0.29, 0.717) is 0 Å². The lowest BCUT2D eigenvalue weighted by Crippen LogP contribution is -2.22. The molecule has 1 N–H and O–H groups in total. The van der Waals surface area contributed by atoms with E-state index >= 15 is 0 Å². The van der Waals surface area contributed by atoms with Crippen molar-refractivity contribution in [1.29, 1.82) is 0 Å². The van der Waals surface area contributed by atoms with Crippen LogP contribution in [0.2, 0.25) is 5.02 Å². The van der Waals surface area contributed by atoms with Crippen molar-refractivity contribution in [3.63, 3.8) is 0 Å². The highest BCUT2D eigenvalue weighted by atomic mass is 79.9. The summed E-state index contributed by atoms with van der Waals surface area (Å²) in [7, 11) is 0. The maximum absolute atomic E-state index is 6.24. The van der Waals surface area contributed by atoms with Crippen LogP contribution in [-0.2, 0) is 0 Å². The third kappa shape index (κ3) is 3.59. The topological polar surface area (TPSA) is 12.0 Å². The van der Waals surface area contributed by atoms with E-state index in [1.54, 1.807) is 0 Å². The summed E-state index contributed by atoms with van der Waals surface area (Å²) in [6.45, 7) is 5.04. The van der Waals surface area contributed by atoms with Crippen LogP contribution >= 0.6 is 27.5 Å². The normalized spacial score (nSPS) is 12.4. The SMILES string of the molecule is CCNC(c1cccc(Br)c1)c1ccc(C)c(Cl)c1. The van der Waals surface area contributed by atoms with E-state index in [2.05, 4.69) is 58.5 Å². The maximum Gasteiger partial charge on any atom is 0.0577 e. The highest BCUT2D eigenvalue weighted by Crippen LogP contribution is 2.27. The quantitative estimate of drug-likeness (QED) is 0.817. The summed E-state index contributed by atoms with van der Waals surface area (Å²) in [5, 5.41) is 4.32. The molecule has 0 heterocycles. The second-order valence-corrected chi connectivity index (χ2v) is 5.88.